The number of piperidine rings is 1. The Morgan fingerprint density at radius 1 is 1.36 bits per heavy atom. The zero-order chi connectivity index (χ0) is 8.43. The molecule has 1 aliphatic heterocycles. The highest BCUT2D eigenvalue weighted by Gasteiger charge is 2.34. The van der Waals surface area contributed by atoms with Crippen LogP contribution in [-0.4, -0.2) is 57.0 Å². The first kappa shape index (κ1) is 8.89. The molecule has 0 amide bonds. The Labute approximate surface area is 64.4 Å². The van der Waals surface area contributed by atoms with Gasteiger partial charge in [0.2, 0.25) is 0 Å². The molecule has 1 rings (SSSR count). The third-order valence-corrected chi connectivity index (χ3v) is 2.01. The zero-order valence-corrected chi connectivity index (χ0v) is 6.09. The molecule has 1 fully saturated rings. The van der Waals surface area contributed by atoms with E-state index in [-0.39, 0.29) is 13.2 Å². The molecule has 0 unspecified atom stereocenters. The van der Waals surface area contributed by atoms with Crippen LogP contribution < -0.4 is 0 Å². The van der Waals surface area contributed by atoms with Gasteiger partial charge in [0.05, 0.1) is 24.9 Å². The second-order valence-corrected chi connectivity index (χ2v) is 2.76. The maximum atomic E-state index is 9.20. The van der Waals surface area contributed by atoms with Crippen LogP contribution in [0.15, 0.2) is 0 Å². The van der Waals surface area contributed by atoms with Crippen LogP contribution in [-0.2, 0) is 0 Å². The molecule has 0 bridgehead atoms. The maximum Gasteiger partial charge on any atom is 0.0999 e. The van der Waals surface area contributed by atoms with E-state index in [0.717, 1.165) is 5.06 Å². The van der Waals surface area contributed by atoms with E-state index in [0.29, 0.717) is 6.42 Å². The van der Waals surface area contributed by atoms with Gasteiger partial charge >= 0.3 is 0 Å². The van der Waals surface area contributed by atoms with Crippen LogP contribution in [0.25, 0.3) is 0 Å². The van der Waals surface area contributed by atoms with Crippen LogP contribution in [0, 0.1) is 0 Å². The Morgan fingerprint density at radius 3 is 2.45 bits per heavy atom. The zero-order valence-electron chi connectivity index (χ0n) is 6.09. The van der Waals surface area contributed by atoms with Crippen molar-refractivity contribution in [3.8, 4) is 0 Å². The molecule has 1 heterocycles. The standard InChI is InChI=1S/C6H13NO4/c8-3-4-6(10)5(9)1-2-7(4)11/h4-6,8-11H,1-3H2/t4-,5-,6-/m1/s1. The monoisotopic (exact) mass is 163 g/mol. The van der Waals surface area contributed by atoms with Crippen LogP contribution in [0.1, 0.15) is 6.42 Å². The lowest BCUT2D eigenvalue weighted by atomic mass is 9.99. The lowest BCUT2D eigenvalue weighted by Gasteiger charge is -2.36. The fourth-order valence-electron chi connectivity index (χ4n) is 1.24. The molecule has 11 heavy (non-hydrogen) atoms. The van der Waals surface area contributed by atoms with Crippen molar-refractivity contribution in [2.24, 2.45) is 0 Å². The van der Waals surface area contributed by atoms with E-state index in [1.54, 1.807) is 0 Å². The van der Waals surface area contributed by atoms with Crippen LogP contribution in [0.5, 0.6) is 0 Å². The van der Waals surface area contributed by atoms with Crippen molar-refractivity contribution in [3.05, 3.63) is 0 Å². The predicted molar refractivity (Wildman–Crippen MR) is 36.0 cm³/mol. The summed E-state index contributed by atoms with van der Waals surface area (Å²) in [5.74, 6) is 0. The smallest absolute Gasteiger partial charge is 0.0999 e. The van der Waals surface area contributed by atoms with Gasteiger partial charge in [-0.25, -0.2) is 0 Å². The molecule has 0 saturated carbocycles. The molecular formula is C6H13NO4. The Hall–Kier alpha value is -0.200. The Balaban J connectivity index is 2.55. The SMILES string of the molecule is OC[C@@H]1[C@@H](O)[C@H](O)CCN1O. The lowest BCUT2D eigenvalue weighted by molar-refractivity contribution is -0.209. The van der Waals surface area contributed by atoms with Crippen molar-refractivity contribution in [1.29, 1.82) is 0 Å². The lowest BCUT2D eigenvalue weighted by Crippen LogP contribution is -2.54. The number of nitrogens with zero attached hydrogens (tertiary/aromatic N) is 1. The fourth-order valence-corrected chi connectivity index (χ4v) is 1.24. The van der Waals surface area contributed by atoms with Gasteiger partial charge < -0.3 is 20.5 Å². The average Bonchev–Trinajstić information content (AvgIpc) is 1.99. The summed E-state index contributed by atoms with van der Waals surface area (Å²) in [5.41, 5.74) is 0. The topological polar surface area (TPSA) is 84.2 Å². The molecule has 5 heteroatoms. The van der Waals surface area contributed by atoms with Gasteiger partial charge in [-0.3, -0.25) is 0 Å². The molecule has 0 aromatic carbocycles. The largest absolute Gasteiger partial charge is 0.395 e. The van der Waals surface area contributed by atoms with Crippen LogP contribution in [0.4, 0.5) is 0 Å². The summed E-state index contributed by atoms with van der Waals surface area (Å²) in [6, 6.07) is -0.751. The highest BCUT2D eigenvalue weighted by Crippen LogP contribution is 2.15. The number of hydrogen-bond donors (Lipinski definition) is 4. The molecule has 0 spiro atoms. The molecule has 0 aromatic heterocycles. The van der Waals surface area contributed by atoms with E-state index >= 15 is 0 Å². The Kier molecular flexibility index (Phi) is 2.80. The van der Waals surface area contributed by atoms with E-state index in [2.05, 4.69) is 0 Å². The van der Waals surface area contributed by atoms with E-state index < -0.39 is 18.2 Å². The number of hydrogen-bond acceptors (Lipinski definition) is 5. The average molecular weight is 163 g/mol. The minimum atomic E-state index is -1.06. The van der Waals surface area contributed by atoms with E-state index in [1.807, 2.05) is 0 Å². The second kappa shape index (κ2) is 3.46. The van der Waals surface area contributed by atoms with Gasteiger partial charge in [-0.15, -0.1) is 0 Å². The van der Waals surface area contributed by atoms with Crippen molar-refractivity contribution >= 4 is 0 Å². The van der Waals surface area contributed by atoms with Gasteiger partial charge in [0.25, 0.3) is 0 Å². The minimum absolute atomic E-state index is 0.281. The van der Waals surface area contributed by atoms with Gasteiger partial charge in [-0.2, -0.15) is 5.06 Å². The number of hydroxylamine groups is 2. The maximum absolute atomic E-state index is 9.20. The molecular weight excluding hydrogens is 150 g/mol. The summed E-state index contributed by atoms with van der Waals surface area (Å²) >= 11 is 0. The van der Waals surface area contributed by atoms with Crippen molar-refractivity contribution in [2.75, 3.05) is 13.2 Å². The van der Waals surface area contributed by atoms with Crippen molar-refractivity contribution in [2.45, 2.75) is 24.7 Å². The first-order valence-electron chi connectivity index (χ1n) is 3.59. The Bertz CT molecular complexity index is 132. The summed E-state index contributed by atoms with van der Waals surface area (Å²) in [6.45, 7) is -0.0712. The number of aliphatic hydroxyl groups excluding tert-OH is 3. The van der Waals surface area contributed by atoms with E-state index in [1.165, 1.54) is 0 Å². The summed E-state index contributed by atoms with van der Waals surface area (Å²) in [7, 11) is 0. The first-order chi connectivity index (χ1) is 5.16. The molecule has 66 valence electrons. The summed E-state index contributed by atoms with van der Waals surface area (Å²) in [5, 5.41) is 36.9. The molecule has 3 atom stereocenters. The third-order valence-electron chi connectivity index (χ3n) is 2.01. The van der Waals surface area contributed by atoms with Gasteiger partial charge in [0.1, 0.15) is 0 Å². The normalized spacial score (nSPS) is 40.9. The van der Waals surface area contributed by atoms with Crippen LogP contribution >= 0.6 is 0 Å². The fraction of sp³-hybridized carbons (Fsp3) is 1.00. The molecule has 5 nitrogen and oxygen atoms in total. The summed E-state index contributed by atoms with van der Waals surface area (Å²) in [6.07, 6.45) is -1.57. The second-order valence-electron chi connectivity index (χ2n) is 2.76. The molecule has 0 radical (unpaired) electrons. The summed E-state index contributed by atoms with van der Waals surface area (Å²) in [4.78, 5) is 0. The first-order valence-corrected chi connectivity index (χ1v) is 3.59. The van der Waals surface area contributed by atoms with Gasteiger partial charge in [-0.05, 0) is 6.42 Å². The highest BCUT2D eigenvalue weighted by atomic mass is 16.5. The molecule has 4 N–H and O–H groups in total. The molecule has 1 aliphatic rings. The highest BCUT2D eigenvalue weighted by molar-refractivity contribution is 4.85. The van der Waals surface area contributed by atoms with Gasteiger partial charge in [-0.1, -0.05) is 0 Å². The van der Waals surface area contributed by atoms with Crippen LogP contribution in [0.2, 0.25) is 0 Å². The van der Waals surface area contributed by atoms with Crippen molar-refractivity contribution < 1.29 is 20.5 Å². The van der Waals surface area contributed by atoms with Gasteiger partial charge in [0.15, 0.2) is 0 Å². The van der Waals surface area contributed by atoms with Gasteiger partial charge in [0, 0.05) is 6.54 Å². The quantitative estimate of drug-likeness (QED) is 0.365. The summed E-state index contributed by atoms with van der Waals surface area (Å²) < 4.78 is 0. The third kappa shape index (κ3) is 1.69. The van der Waals surface area contributed by atoms with E-state index in [4.69, 9.17) is 15.4 Å². The van der Waals surface area contributed by atoms with Crippen molar-refractivity contribution in [3.63, 3.8) is 0 Å². The number of rotatable bonds is 1. The van der Waals surface area contributed by atoms with Crippen molar-refractivity contribution in [1.82, 2.24) is 5.06 Å². The van der Waals surface area contributed by atoms with Crippen LogP contribution in [0.3, 0.4) is 0 Å². The molecule has 0 aromatic rings. The predicted octanol–water partition coefficient (Wildman–Crippen LogP) is -1.84. The number of aliphatic hydroxyl groups is 3. The molecule has 1 saturated heterocycles. The Morgan fingerprint density at radius 2 is 2.00 bits per heavy atom. The minimum Gasteiger partial charge on any atom is -0.395 e. The molecule has 0 aliphatic carbocycles. The van der Waals surface area contributed by atoms with E-state index in [9.17, 15) is 5.11 Å².